The van der Waals surface area contributed by atoms with Gasteiger partial charge in [-0.3, -0.25) is 4.79 Å². The number of aromatic nitrogens is 1. The second-order valence-corrected chi connectivity index (χ2v) is 4.55. The lowest BCUT2D eigenvalue weighted by Gasteiger charge is -2.01. The van der Waals surface area contributed by atoms with Crippen LogP contribution in [0.3, 0.4) is 0 Å². The zero-order chi connectivity index (χ0) is 13.4. The Bertz CT molecular complexity index is 382. The second-order valence-electron chi connectivity index (χ2n) is 3.55. The first kappa shape index (κ1) is 14.7. The first-order chi connectivity index (χ1) is 8.69. The van der Waals surface area contributed by atoms with Gasteiger partial charge in [0.05, 0.1) is 6.61 Å². The van der Waals surface area contributed by atoms with Gasteiger partial charge in [-0.15, -0.1) is 0 Å². The molecule has 1 heterocycles. The molecular weight excluding hydrogens is 254 g/mol. The second kappa shape index (κ2) is 7.85. The quantitative estimate of drug-likeness (QED) is 0.490. The van der Waals surface area contributed by atoms with Crippen LogP contribution in [0, 0.1) is 0 Å². The maximum atomic E-state index is 11.8. The number of methoxy groups -OCH3 is 1. The van der Waals surface area contributed by atoms with Gasteiger partial charge < -0.3 is 26.8 Å². The van der Waals surface area contributed by atoms with E-state index in [2.05, 4.69) is 15.6 Å². The molecule has 6 N–H and O–H groups in total. The predicted octanol–water partition coefficient (Wildman–Crippen LogP) is -0.138. The van der Waals surface area contributed by atoms with Gasteiger partial charge in [-0.05, 0) is 13.0 Å². The van der Waals surface area contributed by atoms with E-state index < -0.39 is 0 Å². The average molecular weight is 273 g/mol. The van der Waals surface area contributed by atoms with Crippen molar-refractivity contribution in [3.63, 3.8) is 0 Å². The van der Waals surface area contributed by atoms with Crippen LogP contribution in [0.4, 0.5) is 10.9 Å². The molecule has 1 rings (SSSR count). The van der Waals surface area contributed by atoms with Crippen LogP contribution in [-0.2, 0) is 4.74 Å². The van der Waals surface area contributed by atoms with Gasteiger partial charge >= 0.3 is 0 Å². The molecule has 0 aliphatic carbocycles. The minimum absolute atomic E-state index is 0.210. The Balaban J connectivity index is 2.52. The first-order valence-electron chi connectivity index (χ1n) is 5.66. The predicted molar refractivity (Wildman–Crippen MR) is 72.9 cm³/mol. The number of nitrogens with one attached hydrogen (secondary N) is 2. The summed E-state index contributed by atoms with van der Waals surface area (Å²) in [5.74, 6) is 0.0309. The van der Waals surface area contributed by atoms with Crippen LogP contribution in [0.25, 0.3) is 0 Å². The normalized spacial score (nSPS) is 10.3. The highest BCUT2D eigenvalue weighted by Crippen LogP contribution is 2.24. The standard InChI is InChI=1S/C10H19N5O2S/c1-17-6-5-14-10-15-8(12)7(18-10)9(16)13-4-2-3-11/h2-6,11-12H2,1H3,(H,13,16)(H,14,15). The highest BCUT2D eigenvalue weighted by Gasteiger charge is 2.15. The Morgan fingerprint density at radius 2 is 2.28 bits per heavy atom. The molecule has 8 heteroatoms. The molecule has 0 atom stereocenters. The van der Waals surface area contributed by atoms with E-state index in [0.29, 0.717) is 36.2 Å². The molecule has 0 radical (unpaired) electrons. The number of amides is 1. The fourth-order valence-corrected chi connectivity index (χ4v) is 2.04. The van der Waals surface area contributed by atoms with Crippen LogP contribution in [0.5, 0.6) is 0 Å². The lowest BCUT2D eigenvalue weighted by molar-refractivity contribution is 0.0958. The maximum Gasteiger partial charge on any atom is 0.265 e. The van der Waals surface area contributed by atoms with Crippen LogP contribution in [0.15, 0.2) is 0 Å². The van der Waals surface area contributed by atoms with E-state index >= 15 is 0 Å². The molecule has 0 bridgehead atoms. The number of nitrogens with two attached hydrogens (primary N) is 2. The third kappa shape index (κ3) is 4.47. The average Bonchev–Trinajstić information content (AvgIpc) is 2.71. The smallest absolute Gasteiger partial charge is 0.265 e. The maximum absolute atomic E-state index is 11.8. The van der Waals surface area contributed by atoms with Crippen molar-refractivity contribution in [3.8, 4) is 0 Å². The number of anilines is 2. The molecule has 0 saturated carbocycles. The zero-order valence-corrected chi connectivity index (χ0v) is 11.2. The molecule has 0 aliphatic heterocycles. The number of carbonyl (C=O) groups is 1. The van der Waals surface area contributed by atoms with E-state index in [9.17, 15) is 4.79 Å². The molecule has 0 unspecified atom stereocenters. The molecule has 7 nitrogen and oxygen atoms in total. The Labute approximate surface area is 110 Å². The SMILES string of the molecule is COCCNc1nc(N)c(C(=O)NCCCN)s1. The monoisotopic (exact) mass is 273 g/mol. The van der Waals surface area contributed by atoms with Gasteiger partial charge in [0.1, 0.15) is 10.7 Å². The summed E-state index contributed by atoms with van der Waals surface area (Å²) in [4.78, 5) is 16.3. The van der Waals surface area contributed by atoms with Gasteiger partial charge in [0.15, 0.2) is 5.13 Å². The topological polar surface area (TPSA) is 115 Å². The van der Waals surface area contributed by atoms with Crippen LogP contribution in [-0.4, -0.2) is 44.2 Å². The Morgan fingerprint density at radius 3 is 2.94 bits per heavy atom. The minimum atomic E-state index is -0.210. The van der Waals surface area contributed by atoms with Gasteiger partial charge in [-0.25, -0.2) is 4.98 Å². The first-order valence-corrected chi connectivity index (χ1v) is 6.48. The van der Waals surface area contributed by atoms with Crippen molar-refractivity contribution in [3.05, 3.63) is 4.88 Å². The highest BCUT2D eigenvalue weighted by atomic mass is 32.1. The van der Waals surface area contributed by atoms with E-state index in [1.165, 1.54) is 11.3 Å². The Hall–Kier alpha value is -1.38. The molecule has 0 aromatic carbocycles. The van der Waals surface area contributed by atoms with E-state index in [-0.39, 0.29) is 11.7 Å². The molecule has 1 aromatic heterocycles. The summed E-state index contributed by atoms with van der Waals surface area (Å²) in [7, 11) is 1.62. The summed E-state index contributed by atoms with van der Waals surface area (Å²) < 4.78 is 4.91. The van der Waals surface area contributed by atoms with E-state index in [1.54, 1.807) is 7.11 Å². The fourth-order valence-electron chi connectivity index (χ4n) is 1.21. The number of thiazole rings is 1. The number of rotatable bonds is 8. The number of carbonyl (C=O) groups excluding carboxylic acids is 1. The van der Waals surface area contributed by atoms with E-state index in [1.807, 2.05) is 0 Å². The van der Waals surface area contributed by atoms with Crippen molar-refractivity contribution in [2.45, 2.75) is 6.42 Å². The van der Waals surface area contributed by atoms with Gasteiger partial charge in [0.25, 0.3) is 5.91 Å². The molecule has 1 amide bonds. The third-order valence-electron chi connectivity index (χ3n) is 2.11. The number of ether oxygens (including phenoxy) is 1. The largest absolute Gasteiger partial charge is 0.383 e. The molecule has 18 heavy (non-hydrogen) atoms. The highest BCUT2D eigenvalue weighted by molar-refractivity contribution is 7.18. The summed E-state index contributed by atoms with van der Waals surface area (Å²) >= 11 is 1.23. The lowest BCUT2D eigenvalue weighted by Crippen LogP contribution is -2.25. The van der Waals surface area contributed by atoms with Crippen LogP contribution in [0.2, 0.25) is 0 Å². The van der Waals surface area contributed by atoms with Crippen molar-refractivity contribution in [1.82, 2.24) is 10.3 Å². The van der Waals surface area contributed by atoms with Gasteiger partial charge in [0.2, 0.25) is 0 Å². The summed E-state index contributed by atoms with van der Waals surface area (Å²) in [6, 6.07) is 0. The van der Waals surface area contributed by atoms with Crippen molar-refractivity contribution < 1.29 is 9.53 Å². The van der Waals surface area contributed by atoms with Crippen LogP contribution in [0.1, 0.15) is 16.1 Å². The van der Waals surface area contributed by atoms with Crippen molar-refractivity contribution in [2.75, 3.05) is 44.4 Å². The van der Waals surface area contributed by atoms with Gasteiger partial charge in [-0.2, -0.15) is 0 Å². The third-order valence-corrected chi connectivity index (χ3v) is 3.14. The number of nitrogens with zero attached hydrogens (tertiary/aromatic N) is 1. The molecule has 0 aliphatic rings. The molecule has 102 valence electrons. The minimum Gasteiger partial charge on any atom is -0.383 e. The molecule has 0 fully saturated rings. The van der Waals surface area contributed by atoms with Crippen molar-refractivity contribution >= 4 is 28.2 Å². The van der Waals surface area contributed by atoms with E-state index in [4.69, 9.17) is 16.2 Å². The fraction of sp³-hybridized carbons (Fsp3) is 0.600. The summed E-state index contributed by atoms with van der Waals surface area (Å²) in [6.45, 7) is 2.27. The van der Waals surface area contributed by atoms with Gasteiger partial charge in [0, 0.05) is 20.2 Å². The zero-order valence-electron chi connectivity index (χ0n) is 10.4. The molecular formula is C10H19N5O2S. The number of hydrogen-bond acceptors (Lipinski definition) is 7. The number of nitrogen functional groups attached to an aromatic ring is 1. The Morgan fingerprint density at radius 1 is 1.50 bits per heavy atom. The Kier molecular flexibility index (Phi) is 6.40. The molecule has 1 aromatic rings. The van der Waals surface area contributed by atoms with Crippen molar-refractivity contribution in [1.29, 1.82) is 0 Å². The summed E-state index contributed by atoms with van der Waals surface area (Å²) in [6.07, 6.45) is 0.739. The van der Waals surface area contributed by atoms with Gasteiger partial charge in [-0.1, -0.05) is 11.3 Å². The lowest BCUT2D eigenvalue weighted by atomic mass is 10.4. The molecule has 0 spiro atoms. The summed E-state index contributed by atoms with van der Waals surface area (Å²) in [5, 5.41) is 6.39. The van der Waals surface area contributed by atoms with Crippen LogP contribution >= 0.6 is 11.3 Å². The summed E-state index contributed by atoms with van der Waals surface area (Å²) in [5.41, 5.74) is 11.0. The van der Waals surface area contributed by atoms with Crippen LogP contribution < -0.4 is 22.1 Å². The van der Waals surface area contributed by atoms with E-state index in [0.717, 1.165) is 6.42 Å². The molecule has 0 saturated heterocycles. The number of hydrogen-bond donors (Lipinski definition) is 4. The van der Waals surface area contributed by atoms with Crippen molar-refractivity contribution in [2.24, 2.45) is 5.73 Å².